The molecule has 4 heteroatoms. The van der Waals surface area contributed by atoms with Crippen LogP contribution < -0.4 is 5.73 Å². The van der Waals surface area contributed by atoms with Gasteiger partial charge in [0, 0.05) is 18.1 Å². The third-order valence-electron chi connectivity index (χ3n) is 3.76. The van der Waals surface area contributed by atoms with Gasteiger partial charge in [-0.15, -0.1) is 11.3 Å². The van der Waals surface area contributed by atoms with Crippen LogP contribution in [0.5, 0.6) is 0 Å². The van der Waals surface area contributed by atoms with Gasteiger partial charge in [0.25, 0.3) is 0 Å². The van der Waals surface area contributed by atoms with Gasteiger partial charge in [-0.05, 0) is 16.7 Å². The van der Waals surface area contributed by atoms with Gasteiger partial charge in [0.05, 0.1) is 11.4 Å². The summed E-state index contributed by atoms with van der Waals surface area (Å²) < 4.78 is 2.12. The molecule has 0 spiro atoms. The molecular formula is C18H15N3S. The predicted octanol–water partition coefficient (Wildman–Crippen LogP) is 4.19. The molecule has 2 aromatic carbocycles. The summed E-state index contributed by atoms with van der Waals surface area (Å²) in [6.07, 6.45) is 2.02. The fraction of sp³-hybridized carbons (Fsp3) is 0.0556. The van der Waals surface area contributed by atoms with Crippen LogP contribution in [-0.2, 0) is 6.54 Å². The molecule has 0 aliphatic heterocycles. The number of hydrogen-bond donors (Lipinski definition) is 1. The van der Waals surface area contributed by atoms with E-state index in [2.05, 4.69) is 63.3 Å². The number of benzene rings is 2. The molecule has 0 saturated heterocycles. The topological polar surface area (TPSA) is 43.3 Å². The quantitative estimate of drug-likeness (QED) is 0.617. The molecule has 0 aliphatic carbocycles. The predicted molar refractivity (Wildman–Crippen MR) is 91.8 cm³/mol. The van der Waals surface area contributed by atoms with E-state index in [0.29, 0.717) is 6.54 Å². The highest BCUT2D eigenvalue weighted by molar-refractivity contribution is 7.15. The molecule has 108 valence electrons. The van der Waals surface area contributed by atoms with E-state index in [1.165, 1.54) is 16.7 Å². The van der Waals surface area contributed by atoms with Crippen LogP contribution in [0.15, 0.2) is 66.2 Å². The minimum absolute atomic E-state index is 0.473. The number of imidazole rings is 1. The van der Waals surface area contributed by atoms with Crippen LogP contribution in [-0.4, -0.2) is 9.38 Å². The molecule has 0 radical (unpaired) electrons. The van der Waals surface area contributed by atoms with Crippen molar-refractivity contribution in [1.29, 1.82) is 0 Å². The van der Waals surface area contributed by atoms with Gasteiger partial charge >= 0.3 is 0 Å². The lowest BCUT2D eigenvalue weighted by Gasteiger charge is -2.04. The molecule has 0 amide bonds. The maximum Gasteiger partial charge on any atom is 0.194 e. The lowest BCUT2D eigenvalue weighted by Crippen LogP contribution is -1.95. The third-order valence-corrected chi connectivity index (χ3v) is 4.60. The smallest absolute Gasteiger partial charge is 0.194 e. The van der Waals surface area contributed by atoms with E-state index in [-0.39, 0.29) is 0 Å². The Kier molecular flexibility index (Phi) is 3.25. The van der Waals surface area contributed by atoms with Crippen LogP contribution in [0.25, 0.3) is 27.3 Å². The highest BCUT2D eigenvalue weighted by Gasteiger charge is 2.09. The van der Waals surface area contributed by atoms with Crippen molar-refractivity contribution in [1.82, 2.24) is 9.38 Å². The first-order valence-electron chi connectivity index (χ1n) is 7.16. The Balaban J connectivity index is 1.74. The highest BCUT2D eigenvalue weighted by Crippen LogP contribution is 2.28. The first-order valence-corrected chi connectivity index (χ1v) is 8.04. The van der Waals surface area contributed by atoms with Gasteiger partial charge in [0.2, 0.25) is 0 Å². The number of nitrogens with two attached hydrogens (primary N) is 1. The fourth-order valence-electron chi connectivity index (χ4n) is 2.60. The van der Waals surface area contributed by atoms with Gasteiger partial charge < -0.3 is 5.73 Å². The molecule has 0 bridgehead atoms. The Hall–Kier alpha value is -2.43. The number of aromatic nitrogens is 2. The lowest BCUT2D eigenvalue weighted by molar-refractivity contribution is 1.02. The van der Waals surface area contributed by atoms with Crippen molar-refractivity contribution in [2.45, 2.75) is 6.54 Å². The average molecular weight is 305 g/mol. The van der Waals surface area contributed by atoms with Crippen molar-refractivity contribution >= 4 is 16.3 Å². The summed E-state index contributed by atoms with van der Waals surface area (Å²) in [5.74, 6) is 0. The second-order valence-electron chi connectivity index (χ2n) is 5.15. The largest absolute Gasteiger partial charge is 0.325 e. The zero-order chi connectivity index (χ0) is 14.9. The van der Waals surface area contributed by atoms with Gasteiger partial charge in [-0.1, -0.05) is 54.6 Å². The molecule has 0 atom stereocenters. The second kappa shape index (κ2) is 5.40. The molecule has 3 nitrogen and oxygen atoms in total. The molecule has 2 aromatic heterocycles. The monoisotopic (exact) mass is 305 g/mol. The fourth-order valence-corrected chi connectivity index (χ4v) is 3.50. The average Bonchev–Trinajstić information content (AvgIpc) is 3.16. The molecule has 4 rings (SSSR count). The molecule has 2 heterocycles. The van der Waals surface area contributed by atoms with Crippen molar-refractivity contribution in [2.75, 3.05) is 0 Å². The van der Waals surface area contributed by atoms with Crippen LogP contribution in [0.4, 0.5) is 0 Å². The Morgan fingerprint density at radius 2 is 1.59 bits per heavy atom. The Morgan fingerprint density at radius 3 is 2.32 bits per heavy atom. The minimum Gasteiger partial charge on any atom is -0.325 e. The van der Waals surface area contributed by atoms with Gasteiger partial charge in [-0.2, -0.15) is 0 Å². The summed E-state index contributed by atoms with van der Waals surface area (Å²) in [5.41, 5.74) is 11.4. The van der Waals surface area contributed by atoms with Crippen molar-refractivity contribution in [2.24, 2.45) is 5.73 Å². The van der Waals surface area contributed by atoms with Crippen LogP contribution in [0, 0.1) is 0 Å². The van der Waals surface area contributed by atoms with E-state index in [4.69, 9.17) is 5.73 Å². The van der Waals surface area contributed by atoms with E-state index in [9.17, 15) is 0 Å². The first kappa shape index (κ1) is 13.2. The third kappa shape index (κ3) is 2.22. The Morgan fingerprint density at radius 1 is 0.909 bits per heavy atom. The second-order valence-corrected chi connectivity index (χ2v) is 5.99. The van der Waals surface area contributed by atoms with E-state index in [1.54, 1.807) is 11.3 Å². The summed E-state index contributed by atoms with van der Waals surface area (Å²) >= 11 is 1.64. The molecule has 0 unspecified atom stereocenters. The zero-order valence-corrected chi connectivity index (χ0v) is 12.8. The zero-order valence-electron chi connectivity index (χ0n) is 11.9. The summed E-state index contributed by atoms with van der Waals surface area (Å²) in [7, 11) is 0. The number of thiazole rings is 1. The summed E-state index contributed by atoms with van der Waals surface area (Å²) in [6, 6.07) is 19.1. The molecule has 2 N–H and O–H groups in total. The van der Waals surface area contributed by atoms with Crippen LogP contribution >= 0.6 is 11.3 Å². The SMILES string of the molecule is NCc1cn2c(-c3ccc(-c4ccccc4)cc3)csc2n1. The van der Waals surface area contributed by atoms with E-state index in [1.807, 2.05) is 12.3 Å². The Labute approximate surface area is 132 Å². The first-order chi connectivity index (χ1) is 10.8. The molecule has 0 aliphatic rings. The maximum atomic E-state index is 5.67. The van der Waals surface area contributed by atoms with Crippen molar-refractivity contribution in [3.05, 3.63) is 71.9 Å². The Bertz CT molecular complexity index is 905. The summed E-state index contributed by atoms with van der Waals surface area (Å²) in [5, 5.41) is 2.14. The molecule has 0 fully saturated rings. The van der Waals surface area contributed by atoms with Crippen LogP contribution in [0.1, 0.15) is 5.69 Å². The maximum absolute atomic E-state index is 5.67. The minimum atomic E-state index is 0.473. The van der Waals surface area contributed by atoms with Gasteiger partial charge in [0.1, 0.15) is 0 Å². The van der Waals surface area contributed by atoms with E-state index < -0.39 is 0 Å². The highest BCUT2D eigenvalue weighted by atomic mass is 32.1. The van der Waals surface area contributed by atoms with Crippen LogP contribution in [0.2, 0.25) is 0 Å². The summed E-state index contributed by atoms with van der Waals surface area (Å²) in [6.45, 7) is 0.473. The summed E-state index contributed by atoms with van der Waals surface area (Å²) in [4.78, 5) is 5.49. The number of hydrogen-bond acceptors (Lipinski definition) is 3. The molecule has 22 heavy (non-hydrogen) atoms. The van der Waals surface area contributed by atoms with Gasteiger partial charge in [-0.25, -0.2) is 4.98 Å². The van der Waals surface area contributed by atoms with Gasteiger partial charge in [-0.3, -0.25) is 4.40 Å². The lowest BCUT2D eigenvalue weighted by atomic mass is 10.0. The number of rotatable bonds is 3. The number of fused-ring (bicyclic) bond motifs is 1. The van der Waals surface area contributed by atoms with Crippen molar-refractivity contribution in [3.63, 3.8) is 0 Å². The normalized spacial score (nSPS) is 11.1. The standard InChI is InChI=1S/C18H15N3S/c19-10-16-11-21-17(12-22-18(21)20-16)15-8-6-14(7-9-15)13-4-2-1-3-5-13/h1-9,11-12H,10,19H2. The van der Waals surface area contributed by atoms with E-state index in [0.717, 1.165) is 16.3 Å². The van der Waals surface area contributed by atoms with E-state index >= 15 is 0 Å². The van der Waals surface area contributed by atoms with Gasteiger partial charge in [0.15, 0.2) is 4.96 Å². The molecule has 0 saturated carbocycles. The van der Waals surface area contributed by atoms with Crippen LogP contribution in [0.3, 0.4) is 0 Å². The van der Waals surface area contributed by atoms with Crippen molar-refractivity contribution in [3.8, 4) is 22.4 Å². The number of nitrogens with zero attached hydrogens (tertiary/aromatic N) is 2. The molecular weight excluding hydrogens is 290 g/mol. The molecule has 4 aromatic rings. The van der Waals surface area contributed by atoms with Crippen molar-refractivity contribution < 1.29 is 0 Å².